The van der Waals surface area contributed by atoms with Crippen LogP contribution in [0.5, 0.6) is 0 Å². The number of nitrogens with zero attached hydrogens (tertiary/aromatic N) is 3. The highest BCUT2D eigenvalue weighted by atomic mass is 35.5. The topological polar surface area (TPSA) is 105 Å². The molecule has 0 aromatic heterocycles. The summed E-state index contributed by atoms with van der Waals surface area (Å²) in [7, 11) is 0. The van der Waals surface area contributed by atoms with Gasteiger partial charge >= 0.3 is 0 Å². The van der Waals surface area contributed by atoms with Gasteiger partial charge in [-0.1, -0.05) is 23.7 Å². The van der Waals surface area contributed by atoms with Crippen LogP contribution >= 0.6 is 11.6 Å². The maximum atomic E-state index is 12.3. The lowest BCUT2D eigenvalue weighted by Crippen LogP contribution is -2.29. The number of hydrogen-bond acceptors (Lipinski definition) is 5. The predicted molar refractivity (Wildman–Crippen MR) is 101 cm³/mol. The Morgan fingerprint density at radius 1 is 1.30 bits per heavy atom. The number of carbonyl (C=O) groups excluding carboxylic acids is 2. The van der Waals surface area contributed by atoms with E-state index < -0.39 is 10.8 Å². The second-order valence-corrected chi connectivity index (χ2v) is 6.51. The Balaban J connectivity index is 1.84. The van der Waals surface area contributed by atoms with Gasteiger partial charge in [0, 0.05) is 17.7 Å². The summed E-state index contributed by atoms with van der Waals surface area (Å²) in [6, 6.07) is 8.91. The van der Waals surface area contributed by atoms with Gasteiger partial charge in [0.15, 0.2) is 0 Å². The van der Waals surface area contributed by atoms with Gasteiger partial charge in [0.1, 0.15) is 5.84 Å². The second-order valence-electron chi connectivity index (χ2n) is 6.10. The first-order valence-electron chi connectivity index (χ1n) is 7.99. The van der Waals surface area contributed by atoms with E-state index in [2.05, 4.69) is 10.4 Å². The molecule has 2 amide bonds. The van der Waals surface area contributed by atoms with Crippen molar-refractivity contribution in [3.63, 3.8) is 0 Å². The van der Waals surface area contributed by atoms with Gasteiger partial charge in [0.25, 0.3) is 17.5 Å². The number of rotatable bonds is 3. The number of anilines is 1. The number of hydrogen-bond donors (Lipinski definition) is 1. The summed E-state index contributed by atoms with van der Waals surface area (Å²) in [4.78, 5) is 34.9. The molecular weight excluding hydrogens is 372 g/mol. The van der Waals surface area contributed by atoms with Crippen molar-refractivity contribution in [2.45, 2.75) is 20.3 Å². The molecule has 1 aliphatic rings. The molecule has 0 saturated heterocycles. The molecule has 138 valence electrons. The minimum atomic E-state index is -0.586. The number of carbonyl (C=O) groups is 2. The Morgan fingerprint density at radius 3 is 2.70 bits per heavy atom. The zero-order valence-electron chi connectivity index (χ0n) is 14.5. The Kier molecular flexibility index (Phi) is 4.91. The molecule has 0 fully saturated rings. The zero-order valence-corrected chi connectivity index (χ0v) is 15.3. The van der Waals surface area contributed by atoms with E-state index in [0.717, 1.165) is 17.2 Å². The van der Waals surface area contributed by atoms with Crippen LogP contribution in [0.3, 0.4) is 0 Å². The van der Waals surface area contributed by atoms with Crippen LogP contribution in [0.1, 0.15) is 27.9 Å². The highest BCUT2D eigenvalue weighted by Gasteiger charge is 2.29. The fourth-order valence-electron chi connectivity index (χ4n) is 2.81. The normalized spacial score (nSPS) is 13.5. The zero-order chi connectivity index (χ0) is 19.7. The van der Waals surface area contributed by atoms with Crippen molar-refractivity contribution >= 4 is 40.6 Å². The van der Waals surface area contributed by atoms with Crippen LogP contribution in [-0.2, 0) is 4.79 Å². The average Bonchev–Trinajstić information content (AvgIpc) is 2.94. The molecule has 1 aliphatic heterocycles. The first kappa shape index (κ1) is 18.5. The van der Waals surface area contributed by atoms with Crippen LogP contribution in [0.2, 0.25) is 5.02 Å². The summed E-state index contributed by atoms with van der Waals surface area (Å²) in [6.07, 6.45) is -0.107. The summed E-state index contributed by atoms with van der Waals surface area (Å²) in [6.45, 7) is 3.71. The van der Waals surface area contributed by atoms with Crippen molar-refractivity contribution in [1.29, 1.82) is 0 Å². The maximum Gasteiger partial charge on any atom is 0.270 e. The number of benzene rings is 2. The SMILES string of the molecule is Cc1cc(C)c(N2N=C(NC(=O)c3cccc([N+](=O)[O-])c3)CC2=O)c(Cl)c1. The van der Waals surface area contributed by atoms with E-state index in [9.17, 15) is 19.7 Å². The molecule has 0 saturated carbocycles. The lowest BCUT2D eigenvalue weighted by molar-refractivity contribution is -0.384. The van der Waals surface area contributed by atoms with Crippen molar-refractivity contribution in [2.24, 2.45) is 5.10 Å². The minimum Gasteiger partial charge on any atom is -0.308 e. The quantitative estimate of drug-likeness (QED) is 0.645. The molecule has 8 nitrogen and oxygen atoms in total. The Hall–Kier alpha value is -3.26. The molecule has 0 aliphatic carbocycles. The Morgan fingerprint density at radius 2 is 2.04 bits per heavy atom. The molecule has 3 rings (SSSR count). The molecular formula is C18H15ClN4O4. The number of amides is 2. The Bertz CT molecular complexity index is 980. The predicted octanol–water partition coefficient (Wildman–Crippen LogP) is 3.35. The molecule has 27 heavy (non-hydrogen) atoms. The van der Waals surface area contributed by atoms with Gasteiger partial charge in [-0.15, -0.1) is 0 Å². The van der Waals surface area contributed by atoms with E-state index in [4.69, 9.17) is 11.6 Å². The summed E-state index contributed by atoms with van der Waals surface area (Å²) in [5.74, 6) is -0.774. The van der Waals surface area contributed by atoms with Gasteiger partial charge < -0.3 is 5.32 Å². The third-order valence-corrected chi connectivity index (χ3v) is 4.25. The van der Waals surface area contributed by atoms with E-state index in [1.807, 2.05) is 19.9 Å². The largest absolute Gasteiger partial charge is 0.308 e. The number of nitro groups is 1. The maximum absolute atomic E-state index is 12.3. The lowest BCUT2D eigenvalue weighted by Gasteiger charge is -2.16. The number of amidine groups is 1. The van der Waals surface area contributed by atoms with Crippen molar-refractivity contribution in [3.8, 4) is 0 Å². The number of aryl methyl sites for hydroxylation is 2. The van der Waals surface area contributed by atoms with Gasteiger partial charge in [-0.05, 0) is 37.1 Å². The number of nitrogens with one attached hydrogen (secondary N) is 1. The molecule has 1 heterocycles. The highest BCUT2D eigenvalue weighted by molar-refractivity contribution is 6.34. The van der Waals surface area contributed by atoms with Crippen molar-refractivity contribution < 1.29 is 14.5 Å². The molecule has 1 N–H and O–H groups in total. The highest BCUT2D eigenvalue weighted by Crippen LogP contribution is 2.33. The van der Waals surface area contributed by atoms with Gasteiger partial charge in [-0.3, -0.25) is 19.7 Å². The van der Waals surface area contributed by atoms with Crippen molar-refractivity contribution in [3.05, 3.63) is 68.2 Å². The van der Waals surface area contributed by atoms with E-state index in [0.29, 0.717) is 10.7 Å². The van der Waals surface area contributed by atoms with E-state index in [-0.39, 0.29) is 29.4 Å². The molecule has 0 atom stereocenters. The molecule has 0 bridgehead atoms. The van der Waals surface area contributed by atoms with Crippen molar-refractivity contribution in [1.82, 2.24) is 5.32 Å². The summed E-state index contributed by atoms with van der Waals surface area (Å²) in [5, 5.41) is 19.1. The van der Waals surface area contributed by atoms with Gasteiger partial charge in [-0.2, -0.15) is 10.1 Å². The molecule has 2 aromatic rings. The van der Waals surface area contributed by atoms with Crippen LogP contribution in [0, 0.1) is 24.0 Å². The minimum absolute atomic E-state index is 0.0994. The average molecular weight is 387 g/mol. The van der Waals surface area contributed by atoms with Gasteiger partial charge in [-0.25, -0.2) is 0 Å². The van der Waals surface area contributed by atoms with Crippen LogP contribution in [-0.4, -0.2) is 22.6 Å². The summed E-state index contributed by atoms with van der Waals surface area (Å²) in [5.41, 5.74) is 2.10. The van der Waals surface area contributed by atoms with E-state index in [1.54, 1.807) is 6.07 Å². The van der Waals surface area contributed by atoms with Gasteiger partial charge in [0.2, 0.25) is 0 Å². The molecule has 0 spiro atoms. The second kappa shape index (κ2) is 7.16. The standard InChI is InChI=1S/C18H15ClN4O4/c1-10-6-11(2)17(14(19)7-10)22-16(24)9-15(21-22)20-18(25)12-4-3-5-13(8-12)23(26)27/h3-8H,9H2,1-2H3,(H,20,21,25). The lowest BCUT2D eigenvalue weighted by atomic mass is 10.1. The first-order valence-corrected chi connectivity index (χ1v) is 8.37. The van der Waals surface area contributed by atoms with Gasteiger partial charge in [0.05, 0.1) is 22.1 Å². The molecule has 9 heteroatoms. The fraction of sp³-hybridized carbons (Fsp3) is 0.167. The molecule has 0 radical (unpaired) electrons. The van der Waals surface area contributed by atoms with Crippen LogP contribution < -0.4 is 10.3 Å². The van der Waals surface area contributed by atoms with Crippen molar-refractivity contribution in [2.75, 3.05) is 5.01 Å². The fourth-order valence-corrected chi connectivity index (χ4v) is 3.22. The third kappa shape index (κ3) is 3.80. The molecule has 0 unspecified atom stereocenters. The Labute approximate surface area is 159 Å². The smallest absolute Gasteiger partial charge is 0.270 e. The summed E-state index contributed by atoms with van der Waals surface area (Å²) >= 11 is 6.26. The number of halogens is 1. The molecule has 2 aromatic carbocycles. The summed E-state index contributed by atoms with van der Waals surface area (Å²) < 4.78 is 0. The number of nitro benzene ring substituents is 1. The van der Waals surface area contributed by atoms with Crippen LogP contribution in [0.4, 0.5) is 11.4 Å². The number of hydrazone groups is 1. The first-order chi connectivity index (χ1) is 12.8. The monoisotopic (exact) mass is 386 g/mol. The van der Waals surface area contributed by atoms with Crippen LogP contribution in [0.25, 0.3) is 0 Å². The third-order valence-electron chi connectivity index (χ3n) is 3.96. The van der Waals surface area contributed by atoms with Crippen LogP contribution in [0.15, 0.2) is 41.5 Å². The van der Waals surface area contributed by atoms with E-state index >= 15 is 0 Å². The number of non-ortho nitro benzene ring substituents is 1. The van der Waals surface area contributed by atoms with E-state index in [1.165, 1.54) is 23.2 Å².